The quantitative estimate of drug-likeness (QED) is 0.871. The Bertz CT molecular complexity index is 432. The third-order valence-electron chi connectivity index (χ3n) is 4.79. The van der Waals surface area contributed by atoms with Gasteiger partial charge in [-0.3, -0.25) is 9.69 Å². The molecule has 2 aliphatic rings. The standard InChI is InChI=1S/C14H23N5O/c20-13(12-10-16-18-17-12)15-11-14(6-2-3-7-14)19-8-4-1-5-9-19/h10H,1-9,11H2,(H,15,20)(H,16,17,18). The van der Waals surface area contributed by atoms with Crippen LogP contribution in [-0.4, -0.2) is 51.4 Å². The largest absolute Gasteiger partial charge is 0.349 e. The highest BCUT2D eigenvalue weighted by Crippen LogP contribution is 2.36. The van der Waals surface area contributed by atoms with Gasteiger partial charge < -0.3 is 5.32 Å². The number of amides is 1. The van der Waals surface area contributed by atoms with Crippen molar-refractivity contribution in [3.8, 4) is 0 Å². The number of carbonyl (C=O) groups excluding carboxylic acids is 1. The van der Waals surface area contributed by atoms with E-state index in [2.05, 4.69) is 25.6 Å². The Morgan fingerprint density at radius 1 is 1.25 bits per heavy atom. The second-order valence-electron chi connectivity index (χ2n) is 6.02. The van der Waals surface area contributed by atoms with Gasteiger partial charge in [0.2, 0.25) is 0 Å². The van der Waals surface area contributed by atoms with Gasteiger partial charge in [-0.25, -0.2) is 0 Å². The minimum absolute atomic E-state index is 0.123. The number of nitrogens with one attached hydrogen (secondary N) is 2. The molecule has 2 heterocycles. The molecule has 2 fully saturated rings. The maximum atomic E-state index is 12.0. The molecule has 1 saturated carbocycles. The molecule has 110 valence electrons. The Labute approximate surface area is 119 Å². The molecule has 0 bridgehead atoms. The fourth-order valence-electron chi connectivity index (χ4n) is 3.65. The van der Waals surface area contributed by atoms with Crippen LogP contribution >= 0.6 is 0 Å². The molecule has 0 aromatic carbocycles. The van der Waals surface area contributed by atoms with Gasteiger partial charge in [0.1, 0.15) is 0 Å². The first-order valence-electron chi connectivity index (χ1n) is 7.69. The predicted octanol–water partition coefficient (Wildman–Crippen LogP) is 1.33. The van der Waals surface area contributed by atoms with Crippen LogP contribution in [0.3, 0.4) is 0 Å². The summed E-state index contributed by atoms with van der Waals surface area (Å²) in [5.74, 6) is -0.123. The zero-order valence-electron chi connectivity index (χ0n) is 11.9. The smallest absolute Gasteiger partial charge is 0.273 e. The molecule has 1 amide bonds. The third-order valence-corrected chi connectivity index (χ3v) is 4.79. The lowest BCUT2D eigenvalue weighted by molar-refractivity contribution is 0.0641. The molecule has 6 nitrogen and oxygen atoms in total. The van der Waals surface area contributed by atoms with Crippen LogP contribution in [0.15, 0.2) is 6.20 Å². The van der Waals surface area contributed by atoms with Gasteiger partial charge in [0, 0.05) is 12.1 Å². The van der Waals surface area contributed by atoms with E-state index in [1.807, 2.05) is 0 Å². The third kappa shape index (κ3) is 2.70. The fourth-order valence-corrected chi connectivity index (χ4v) is 3.65. The molecule has 0 unspecified atom stereocenters. The molecular formula is C14H23N5O. The van der Waals surface area contributed by atoms with Crippen molar-refractivity contribution in [3.05, 3.63) is 11.9 Å². The Morgan fingerprint density at radius 3 is 2.65 bits per heavy atom. The van der Waals surface area contributed by atoms with Gasteiger partial charge in [-0.15, -0.1) is 0 Å². The van der Waals surface area contributed by atoms with Crippen LogP contribution in [0.5, 0.6) is 0 Å². The van der Waals surface area contributed by atoms with E-state index in [-0.39, 0.29) is 11.4 Å². The van der Waals surface area contributed by atoms with Crippen molar-refractivity contribution in [3.63, 3.8) is 0 Å². The topological polar surface area (TPSA) is 73.9 Å². The first-order chi connectivity index (χ1) is 9.80. The second-order valence-corrected chi connectivity index (χ2v) is 6.02. The van der Waals surface area contributed by atoms with E-state index in [9.17, 15) is 4.79 Å². The molecule has 2 N–H and O–H groups in total. The van der Waals surface area contributed by atoms with Crippen LogP contribution in [0.25, 0.3) is 0 Å². The van der Waals surface area contributed by atoms with E-state index in [4.69, 9.17) is 0 Å². The average molecular weight is 277 g/mol. The van der Waals surface area contributed by atoms with Crippen LogP contribution in [0.2, 0.25) is 0 Å². The van der Waals surface area contributed by atoms with Crippen LogP contribution in [0.4, 0.5) is 0 Å². The number of rotatable bonds is 4. The average Bonchev–Trinajstić information content (AvgIpc) is 3.18. The first kappa shape index (κ1) is 13.5. The van der Waals surface area contributed by atoms with Crippen LogP contribution < -0.4 is 5.32 Å². The summed E-state index contributed by atoms with van der Waals surface area (Å²) in [7, 11) is 0. The van der Waals surface area contributed by atoms with Crippen LogP contribution in [0, 0.1) is 0 Å². The number of hydrogen-bond donors (Lipinski definition) is 2. The maximum absolute atomic E-state index is 12.0. The Morgan fingerprint density at radius 2 is 2.00 bits per heavy atom. The van der Waals surface area contributed by atoms with Crippen molar-refractivity contribution in [2.45, 2.75) is 50.5 Å². The minimum atomic E-state index is -0.123. The summed E-state index contributed by atoms with van der Waals surface area (Å²) >= 11 is 0. The summed E-state index contributed by atoms with van der Waals surface area (Å²) < 4.78 is 0. The Balaban J connectivity index is 1.63. The Hall–Kier alpha value is -1.43. The van der Waals surface area contributed by atoms with Gasteiger partial charge >= 0.3 is 0 Å². The van der Waals surface area contributed by atoms with Gasteiger partial charge in [0.25, 0.3) is 5.91 Å². The molecular weight excluding hydrogens is 254 g/mol. The van der Waals surface area contributed by atoms with Crippen molar-refractivity contribution in [1.29, 1.82) is 0 Å². The molecule has 1 saturated heterocycles. The van der Waals surface area contributed by atoms with Crippen molar-refractivity contribution in [2.75, 3.05) is 19.6 Å². The van der Waals surface area contributed by atoms with Crippen molar-refractivity contribution in [1.82, 2.24) is 25.6 Å². The highest BCUT2D eigenvalue weighted by atomic mass is 16.2. The van der Waals surface area contributed by atoms with Gasteiger partial charge in [-0.1, -0.05) is 19.3 Å². The zero-order valence-corrected chi connectivity index (χ0v) is 11.9. The second kappa shape index (κ2) is 5.91. The maximum Gasteiger partial charge on any atom is 0.273 e. The number of carbonyl (C=O) groups is 1. The predicted molar refractivity (Wildman–Crippen MR) is 75.3 cm³/mol. The van der Waals surface area contributed by atoms with E-state index in [1.165, 1.54) is 64.2 Å². The number of likely N-dealkylation sites (tertiary alicyclic amines) is 1. The molecule has 0 spiro atoms. The lowest BCUT2D eigenvalue weighted by Gasteiger charge is -2.43. The highest BCUT2D eigenvalue weighted by Gasteiger charge is 2.40. The number of hydrogen-bond acceptors (Lipinski definition) is 4. The van der Waals surface area contributed by atoms with E-state index >= 15 is 0 Å². The van der Waals surface area contributed by atoms with Gasteiger partial charge in [-0.05, 0) is 38.8 Å². The highest BCUT2D eigenvalue weighted by molar-refractivity contribution is 5.91. The van der Waals surface area contributed by atoms with Gasteiger partial charge in [0.05, 0.1) is 6.20 Å². The molecule has 1 aliphatic heterocycles. The number of piperidine rings is 1. The summed E-state index contributed by atoms with van der Waals surface area (Å²) in [6, 6.07) is 0. The number of nitrogens with zero attached hydrogens (tertiary/aromatic N) is 3. The lowest BCUT2D eigenvalue weighted by atomic mass is 9.92. The summed E-state index contributed by atoms with van der Waals surface area (Å²) in [5.41, 5.74) is 0.552. The number of aromatic nitrogens is 3. The molecule has 1 aromatic heterocycles. The van der Waals surface area contributed by atoms with Gasteiger partial charge in [0.15, 0.2) is 5.69 Å². The van der Waals surface area contributed by atoms with Crippen molar-refractivity contribution < 1.29 is 4.79 Å². The molecule has 0 radical (unpaired) electrons. The first-order valence-corrected chi connectivity index (χ1v) is 7.69. The Kier molecular flexibility index (Phi) is 4.00. The summed E-state index contributed by atoms with van der Waals surface area (Å²) in [6.45, 7) is 3.10. The fraction of sp³-hybridized carbons (Fsp3) is 0.786. The lowest BCUT2D eigenvalue weighted by Crippen LogP contribution is -2.55. The number of H-pyrrole nitrogens is 1. The summed E-state index contributed by atoms with van der Waals surface area (Å²) in [4.78, 5) is 14.7. The zero-order chi connectivity index (χ0) is 13.8. The molecule has 0 atom stereocenters. The minimum Gasteiger partial charge on any atom is -0.349 e. The van der Waals surface area contributed by atoms with E-state index in [1.54, 1.807) is 0 Å². The van der Waals surface area contributed by atoms with E-state index in [0.717, 1.165) is 6.54 Å². The van der Waals surface area contributed by atoms with Crippen LogP contribution in [-0.2, 0) is 0 Å². The molecule has 3 rings (SSSR count). The van der Waals surface area contributed by atoms with E-state index in [0.29, 0.717) is 5.69 Å². The molecule has 6 heteroatoms. The summed E-state index contributed by atoms with van der Waals surface area (Å²) in [5, 5.41) is 13.1. The normalized spacial score (nSPS) is 22.8. The molecule has 1 aliphatic carbocycles. The molecule has 1 aromatic rings. The SMILES string of the molecule is O=C(NCC1(N2CCCCC2)CCCC1)c1cn[nH]n1. The van der Waals surface area contributed by atoms with Gasteiger partial charge in [-0.2, -0.15) is 15.4 Å². The monoisotopic (exact) mass is 277 g/mol. The number of aromatic amines is 1. The van der Waals surface area contributed by atoms with E-state index < -0.39 is 0 Å². The molecule has 20 heavy (non-hydrogen) atoms. The van der Waals surface area contributed by atoms with Crippen molar-refractivity contribution in [2.24, 2.45) is 0 Å². The van der Waals surface area contributed by atoms with Crippen LogP contribution in [0.1, 0.15) is 55.4 Å². The van der Waals surface area contributed by atoms with Crippen molar-refractivity contribution >= 4 is 5.91 Å². The summed E-state index contributed by atoms with van der Waals surface area (Å²) in [6.07, 6.45) is 10.3.